The summed E-state index contributed by atoms with van der Waals surface area (Å²) in [6, 6.07) is 1.63. The molecular formula is C10H10BBrN2O4. The van der Waals surface area contributed by atoms with Crippen molar-refractivity contribution < 1.29 is 18.9 Å². The second-order valence-electron chi connectivity index (χ2n) is 3.88. The van der Waals surface area contributed by atoms with Gasteiger partial charge in [0.15, 0.2) is 0 Å². The van der Waals surface area contributed by atoms with Gasteiger partial charge in [0.25, 0.3) is 0 Å². The predicted octanol–water partition coefficient (Wildman–Crippen LogP) is -0.429. The molecule has 0 radical (unpaired) electrons. The van der Waals surface area contributed by atoms with Crippen LogP contribution in [0.2, 0.25) is 0 Å². The Hall–Kier alpha value is -1.41. The first-order valence-corrected chi connectivity index (χ1v) is 6.02. The van der Waals surface area contributed by atoms with Crippen LogP contribution in [0.25, 0.3) is 0 Å². The molecule has 94 valence electrons. The SMILES string of the molecule is CN1CC(=O)OB(c2ccncc2Br)OC(=O)C1. The fourth-order valence-electron chi connectivity index (χ4n) is 1.54. The van der Waals surface area contributed by atoms with Gasteiger partial charge in [0.2, 0.25) is 0 Å². The highest BCUT2D eigenvalue weighted by Crippen LogP contribution is 2.08. The van der Waals surface area contributed by atoms with Crippen LogP contribution in [-0.4, -0.2) is 49.1 Å². The lowest BCUT2D eigenvalue weighted by Crippen LogP contribution is -2.48. The van der Waals surface area contributed by atoms with Crippen LogP contribution >= 0.6 is 15.9 Å². The fraction of sp³-hybridized carbons (Fsp3) is 0.300. The van der Waals surface area contributed by atoms with Crippen LogP contribution < -0.4 is 5.46 Å². The molecule has 0 spiro atoms. The number of aromatic nitrogens is 1. The molecule has 1 aliphatic heterocycles. The van der Waals surface area contributed by atoms with E-state index in [9.17, 15) is 9.59 Å². The van der Waals surface area contributed by atoms with E-state index >= 15 is 0 Å². The van der Waals surface area contributed by atoms with E-state index in [2.05, 4.69) is 20.9 Å². The molecule has 1 aromatic rings. The molecule has 8 heteroatoms. The molecule has 6 nitrogen and oxygen atoms in total. The molecule has 0 amide bonds. The fourth-order valence-corrected chi connectivity index (χ4v) is 1.98. The zero-order valence-electron chi connectivity index (χ0n) is 9.63. The molecule has 0 N–H and O–H groups in total. The maximum absolute atomic E-state index is 11.6. The molecule has 0 bridgehead atoms. The van der Waals surface area contributed by atoms with E-state index in [0.29, 0.717) is 9.94 Å². The van der Waals surface area contributed by atoms with E-state index in [1.807, 2.05) is 0 Å². The molecule has 0 unspecified atom stereocenters. The first-order valence-electron chi connectivity index (χ1n) is 5.23. The molecular weight excluding hydrogens is 303 g/mol. The highest BCUT2D eigenvalue weighted by molar-refractivity contribution is 9.10. The molecule has 18 heavy (non-hydrogen) atoms. The zero-order valence-corrected chi connectivity index (χ0v) is 11.2. The second kappa shape index (κ2) is 5.49. The van der Waals surface area contributed by atoms with Gasteiger partial charge in [0, 0.05) is 22.3 Å². The summed E-state index contributed by atoms with van der Waals surface area (Å²) in [5.74, 6) is -0.891. The third-order valence-corrected chi connectivity index (χ3v) is 3.00. The van der Waals surface area contributed by atoms with Crippen molar-refractivity contribution in [3.63, 3.8) is 0 Å². The van der Waals surface area contributed by atoms with Crippen LogP contribution in [0.5, 0.6) is 0 Å². The molecule has 2 rings (SSSR count). The van der Waals surface area contributed by atoms with E-state index in [-0.39, 0.29) is 13.1 Å². The average molecular weight is 313 g/mol. The van der Waals surface area contributed by atoms with Gasteiger partial charge in [-0.25, -0.2) is 0 Å². The topological polar surface area (TPSA) is 68.7 Å². The van der Waals surface area contributed by atoms with E-state index in [0.717, 1.165) is 0 Å². The van der Waals surface area contributed by atoms with Crippen molar-refractivity contribution in [1.29, 1.82) is 0 Å². The smallest absolute Gasteiger partial charge is 0.494 e. The van der Waals surface area contributed by atoms with Gasteiger partial charge in [-0.1, -0.05) is 0 Å². The molecule has 0 saturated carbocycles. The van der Waals surface area contributed by atoms with E-state index in [4.69, 9.17) is 9.31 Å². The lowest BCUT2D eigenvalue weighted by atomic mass is 9.79. The van der Waals surface area contributed by atoms with Gasteiger partial charge < -0.3 is 9.31 Å². The quantitative estimate of drug-likeness (QED) is 0.656. The number of carbonyl (C=O) groups excluding carboxylic acids is 2. The minimum absolute atomic E-state index is 0.0499. The van der Waals surface area contributed by atoms with E-state index in [1.165, 1.54) is 11.1 Å². The Balaban J connectivity index is 2.24. The minimum atomic E-state index is -1.03. The van der Waals surface area contributed by atoms with Crippen LogP contribution in [-0.2, 0) is 18.9 Å². The number of carbonyl (C=O) groups is 2. The Morgan fingerprint density at radius 1 is 1.33 bits per heavy atom. The van der Waals surface area contributed by atoms with Gasteiger partial charge in [-0.3, -0.25) is 19.5 Å². The van der Waals surface area contributed by atoms with Crippen LogP contribution in [0.1, 0.15) is 0 Å². The summed E-state index contributed by atoms with van der Waals surface area (Å²) in [5, 5.41) is 0. The van der Waals surface area contributed by atoms with E-state index in [1.54, 1.807) is 19.3 Å². The minimum Gasteiger partial charge on any atom is -0.494 e. The molecule has 1 aromatic heterocycles. The number of likely N-dealkylation sites (N-methyl/N-ethyl adjacent to an activating group) is 1. The highest BCUT2D eigenvalue weighted by Gasteiger charge is 2.35. The Bertz CT molecular complexity index is 465. The summed E-state index contributed by atoms with van der Waals surface area (Å²) in [6.07, 6.45) is 3.08. The molecule has 2 heterocycles. The van der Waals surface area contributed by atoms with Crippen molar-refractivity contribution >= 4 is 40.4 Å². The third kappa shape index (κ3) is 3.08. The predicted molar refractivity (Wildman–Crippen MR) is 67.0 cm³/mol. The molecule has 1 aliphatic rings. The summed E-state index contributed by atoms with van der Waals surface area (Å²) < 4.78 is 10.9. The Labute approximate surface area is 113 Å². The summed E-state index contributed by atoms with van der Waals surface area (Å²) in [5.41, 5.74) is 0.552. The first-order chi connectivity index (χ1) is 8.56. The standard InChI is InChI=1S/C10H10BBrN2O4/c1-14-5-9(15)17-11(18-10(16)6-14)7-2-3-13-4-8(7)12/h2-4H,5-6H2,1H3. The van der Waals surface area contributed by atoms with Crippen molar-refractivity contribution in [3.05, 3.63) is 22.9 Å². The molecule has 0 atom stereocenters. The Kier molecular flexibility index (Phi) is 3.98. The average Bonchev–Trinajstić information content (AvgIpc) is 2.26. The monoisotopic (exact) mass is 312 g/mol. The second-order valence-corrected chi connectivity index (χ2v) is 4.74. The maximum Gasteiger partial charge on any atom is 0.637 e. The Morgan fingerprint density at radius 2 is 1.94 bits per heavy atom. The molecule has 1 saturated heterocycles. The van der Waals surface area contributed by atoms with Crippen molar-refractivity contribution in [3.8, 4) is 0 Å². The number of rotatable bonds is 1. The van der Waals surface area contributed by atoms with Gasteiger partial charge in [0.1, 0.15) is 0 Å². The number of pyridine rings is 1. The van der Waals surface area contributed by atoms with Crippen LogP contribution in [0.4, 0.5) is 0 Å². The summed E-state index contributed by atoms with van der Waals surface area (Å²) in [4.78, 5) is 28.5. The summed E-state index contributed by atoms with van der Waals surface area (Å²) in [7, 11) is 0.613. The third-order valence-electron chi connectivity index (χ3n) is 2.33. The van der Waals surface area contributed by atoms with Crippen LogP contribution in [0.15, 0.2) is 22.9 Å². The lowest BCUT2D eigenvalue weighted by molar-refractivity contribution is -0.145. The van der Waals surface area contributed by atoms with Crippen molar-refractivity contribution in [2.45, 2.75) is 0 Å². The van der Waals surface area contributed by atoms with Crippen LogP contribution in [0, 0.1) is 0 Å². The van der Waals surface area contributed by atoms with Crippen molar-refractivity contribution in [2.24, 2.45) is 0 Å². The van der Waals surface area contributed by atoms with Gasteiger partial charge in [-0.05, 0) is 29.0 Å². The van der Waals surface area contributed by atoms with Crippen molar-refractivity contribution in [1.82, 2.24) is 9.88 Å². The van der Waals surface area contributed by atoms with E-state index < -0.39 is 19.1 Å². The summed E-state index contributed by atoms with van der Waals surface area (Å²) in [6.45, 7) is 0.0998. The number of halogens is 1. The largest absolute Gasteiger partial charge is 0.637 e. The lowest BCUT2D eigenvalue weighted by Gasteiger charge is -2.22. The molecule has 0 aliphatic carbocycles. The maximum atomic E-state index is 11.6. The number of nitrogens with zero attached hydrogens (tertiary/aromatic N) is 2. The summed E-state index contributed by atoms with van der Waals surface area (Å²) >= 11 is 3.27. The number of hydrogen-bond acceptors (Lipinski definition) is 6. The molecule has 1 fully saturated rings. The highest BCUT2D eigenvalue weighted by atomic mass is 79.9. The van der Waals surface area contributed by atoms with Gasteiger partial charge in [0.05, 0.1) is 13.1 Å². The zero-order chi connectivity index (χ0) is 13.1. The Morgan fingerprint density at radius 3 is 2.50 bits per heavy atom. The van der Waals surface area contributed by atoms with Gasteiger partial charge in [-0.15, -0.1) is 0 Å². The number of hydrogen-bond donors (Lipinski definition) is 0. The van der Waals surface area contributed by atoms with Gasteiger partial charge in [-0.2, -0.15) is 0 Å². The van der Waals surface area contributed by atoms with Crippen LogP contribution in [0.3, 0.4) is 0 Å². The first kappa shape index (κ1) is 13.0. The molecule has 0 aromatic carbocycles. The van der Waals surface area contributed by atoms with Gasteiger partial charge >= 0.3 is 19.1 Å². The van der Waals surface area contributed by atoms with Crippen molar-refractivity contribution in [2.75, 3.05) is 20.1 Å². The normalized spacial score (nSPS) is 17.8.